The smallest absolute Gasteiger partial charge is 0.291 e. The summed E-state index contributed by atoms with van der Waals surface area (Å²) < 4.78 is 0. The van der Waals surface area contributed by atoms with Crippen molar-refractivity contribution in [3.05, 3.63) is 23.1 Å². The summed E-state index contributed by atoms with van der Waals surface area (Å²) in [7, 11) is 1.82. The van der Waals surface area contributed by atoms with Crippen LogP contribution in [0.4, 0.5) is 5.82 Å². The van der Waals surface area contributed by atoms with E-state index in [1.165, 1.54) is 6.42 Å². The van der Waals surface area contributed by atoms with Gasteiger partial charge in [-0.2, -0.15) is 0 Å². The maximum absolute atomic E-state index is 12.9. The van der Waals surface area contributed by atoms with Gasteiger partial charge in [-0.15, -0.1) is 0 Å². The highest BCUT2D eigenvalue weighted by Gasteiger charge is 2.23. The Labute approximate surface area is 155 Å². The van der Waals surface area contributed by atoms with Gasteiger partial charge in [0.2, 0.25) is 5.82 Å². The first kappa shape index (κ1) is 18.5. The van der Waals surface area contributed by atoms with Crippen LogP contribution in [0.25, 0.3) is 11.0 Å². The lowest BCUT2D eigenvalue weighted by atomic mass is 10.1. The molecule has 0 N–H and O–H groups in total. The van der Waals surface area contributed by atoms with Gasteiger partial charge >= 0.3 is 0 Å². The molecule has 6 nitrogen and oxygen atoms in total. The molecule has 0 atom stereocenters. The van der Waals surface area contributed by atoms with E-state index in [1.807, 2.05) is 14.0 Å². The fourth-order valence-electron chi connectivity index (χ4n) is 3.55. The summed E-state index contributed by atoms with van der Waals surface area (Å²) in [5.74, 6) is 1.00. The van der Waals surface area contributed by atoms with Gasteiger partial charge < -0.3 is 9.80 Å². The van der Waals surface area contributed by atoms with Crippen LogP contribution in [0, 0.1) is 13.8 Å². The van der Waals surface area contributed by atoms with Gasteiger partial charge in [0.25, 0.3) is 5.91 Å². The Bertz CT molecular complexity index is 798. The van der Waals surface area contributed by atoms with Gasteiger partial charge in [-0.3, -0.25) is 4.79 Å². The Hall–Kier alpha value is -2.24. The van der Waals surface area contributed by atoms with E-state index < -0.39 is 0 Å². The van der Waals surface area contributed by atoms with E-state index >= 15 is 0 Å². The van der Waals surface area contributed by atoms with E-state index in [-0.39, 0.29) is 11.7 Å². The highest BCUT2D eigenvalue weighted by Crippen LogP contribution is 2.29. The molecular formula is C20H29N5O. The van der Waals surface area contributed by atoms with Gasteiger partial charge in [-0.1, -0.05) is 13.3 Å². The molecule has 0 spiro atoms. The molecule has 0 unspecified atom stereocenters. The number of anilines is 1. The van der Waals surface area contributed by atoms with E-state index in [0.717, 1.165) is 67.8 Å². The van der Waals surface area contributed by atoms with Crippen LogP contribution >= 0.6 is 0 Å². The summed E-state index contributed by atoms with van der Waals surface area (Å²) in [6.45, 7) is 8.81. The van der Waals surface area contributed by atoms with Crippen LogP contribution in [0.1, 0.15) is 60.9 Å². The van der Waals surface area contributed by atoms with Crippen molar-refractivity contribution in [3.63, 3.8) is 0 Å². The Morgan fingerprint density at radius 1 is 1.15 bits per heavy atom. The monoisotopic (exact) mass is 355 g/mol. The van der Waals surface area contributed by atoms with Crippen LogP contribution in [0.5, 0.6) is 0 Å². The number of aromatic nitrogens is 3. The van der Waals surface area contributed by atoms with Crippen molar-refractivity contribution < 1.29 is 4.79 Å². The van der Waals surface area contributed by atoms with Crippen molar-refractivity contribution in [1.29, 1.82) is 0 Å². The summed E-state index contributed by atoms with van der Waals surface area (Å²) in [5.41, 5.74) is 2.66. The number of piperidine rings is 1. The minimum atomic E-state index is -0.125. The average molecular weight is 355 g/mol. The highest BCUT2D eigenvalue weighted by atomic mass is 16.2. The quantitative estimate of drug-likeness (QED) is 0.821. The average Bonchev–Trinajstić information content (AvgIpc) is 2.64. The molecule has 1 fully saturated rings. The lowest BCUT2D eigenvalue weighted by molar-refractivity contribution is 0.0781. The number of amides is 1. The topological polar surface area (TPSA) is 62.2 Å². The molecule has 2 aromatic rings. The number of hydrogen-bond donors (Lipinski definition) is 0. The molecule has 0 radical (unpaired) electrons. The predicted octanol–water partition coefficient (Wildman–Crippen LogP) is 3.50. The first-order valence-corrected chi connectivity index (χ1v) is 9.67. The van der Waals surface area contributed by atoms with Crippen molar-refractivity contribution in [1.82, 2.24) is 19.9 Å². The third-order valence-electron chi connectivity index (χ3n) is 5.01. The van der Waals surface area contributed by atoms with Crippen molar-refractivity contribution >= 4 is 22.8 Å². The molecule has 3 heterocycles. The van der Waals surface area contributed by atoms with Crippen molar-refractivity contribution in [3.8, 4) is 0 Å². The SMILES string of the molecule is CCCCN(C)C(=O)c1nc(N2CCCCC2)c2c(C)cc(C)nc2n1. The van der Waals surface area contributed by atoms with E-state index in [2.05, 4.69) is 34.8 Å². The second kappa shape index (κ2) is 7.98. The number of unbranched alkanes of at least 4 members (excludes halogenated alkanes) is 1. The fraction of sp³-hybridized carbons (Fsp3) is 0.600. The van der Waals surface area contributed by atoms with Crippen LogP contribution < -0.4 is 4.90 Å². The van der Waals surface area contributed by atoms with Gasteiger partial charge in [0.15, 0.2) is 5.65 Å². The van der Waals surface area contributed by atoms with Crippen molar-refractivity contribution in [2.45, 2.75) is 52.9 Å². The molecule has 26 heavy (non-hydrogen) atoms. The molecule has 0 aromatic carbocycles. The van der Waals surface area contributed by atoms with Gasteiger partial charge in [-0.25, -0.2) is 15.0 Å². The number of pyridine rings is 1. The number of hydrogen-bond acceptors (Lipinski definition) is 5. The number of carbonyl (C=O) groups excluding carboxylic acids is 1. The van der Waals surface area contributed by atoms with Crippen LogP contribution in [0.15, 0.2) is 6.07 Å². The molecular weight excluding hydrogens is 326 g/mol. The maximum Gasteiger partial charge on any atom is 0.291 e. The number of aryl methyl sites for hydroxylation is 2. The minimum absolute atomic E-state index is 0.125. The van der Waals surface area contributed by atoms with Crippen LogP contribution in [-0.2, 0) is 0 Å². The third-order valence-corrected chi connectivity index (χ3v) is 5.01. The molecule has 0 aliphatic carbocycles. The molecule has 1 amide bonds. The fourth-order valence-corrected chi connectivity index (χ4v) is 3.55. The summed E-state index contributed by atoms with van der Waals surface area (Å²) >= 11 is 0. The van der Waals surface area contributed by atoms with Crippen LogP contribution in [-0.4, -0.2) is 52.4 Å². The van der Waals surface area contributed by atoms with Gasteiger partial charge in [0.1, 0.15) is 5.82 Å². The Balaban J connectivity index is 2.08. The van der Waals surface area contributed by atoms with Crippen LogP contribution in [0.3, 0.4) is 0 Å². The number of fused-ring (bicyclic) bond motifs is 1. The van der Waals surface area contributed by atoms with Gasteiger partial charge in [0.05, 0.1) is 5.39 Å². The summed E-state index contributed by atoms with van der Waals surface area (Å²) in [4.78, 5) is 30.7. The summed E-state index contributed by atoms with van der Waals surface area (Å²) in [6.07, 6.45) is 5.59. The Kier molecular flexibility index (Phi) is 5.69. The zero-order chi connectivity index (χ0) is 18.7. The second-order valence-corrected chi connectivity index (χ2v) is 7.28. The zero-order valence-electron chi connectivity index (χ0n) is 16.4. The number of carbonyl (C=O) groups is 1. The molecule has 1 saturated heterocycles. The largest absolute Gasteiger partial charge is 0.356 e. The minimum Gasteiger partial charge on any atom is -0.356 e. The number of nitrogens with zero attached hydrogens (tertiary/aromatic N) is 5. The first-order chi connectivity index (χ1) is 12.5. The molecule has 6 heteroatoms. The summed E-state index contributed by atoms with van der Waals surface area (Å²) in [5, 5.41) is 0.977. The zero-order valence-corrected chi connectivity index (χ0v) is 16.4. The van der Waals surface area contributed by atoms with E-state index in [9.17, 15) is 4.79 Å². The molecule has 140 valence electrons. The third kappa shape index (κ3) is 3.79. The molecule has 3 rings (SSSR count). The van der Waals surface area contributed by atoms with E-state index in [1.54, 1.807) is 4.90 Å². The van der Waals surface area contributed by atoms with E-state index in [0.29, 0.717) is 5.65 Å². The highest BCUT2D eigenvalue weighted by molar-refractivity contribution is 5.96. The standard InChI is InChI=1S/C20H29N5O/c1-5-6-10-24(4)20(26)18-22-17-16(14(2)13-15(3)21-17)19(23-18)25-11-8-7-9-12-25/h13H,5-12H2,1-4H3. The van der Waals surface area contributed by atoms with Crippen LogP contribution in [0.2, 0.25) is 0 Å². The lowest BCUT2D eigenvalue weighted by Gasteiger charge is -2.29. The Morgan fingerprint density at radius 3 is 2.58 bits per heavy atom. The normalized spacial score (nSPS) is 14.7. The number of rotatable bonds is 5. The van der Waals surface area contributed by atoms with Crippen molar-refractivity contribution in [2.75, 3.05) is 31.6 Å². The second-order valence-electron chi connectivity index (χ2n) is 7.28. The van der Waals surface area contributed by atoms with Gasteiger partial charge in [-0.05, 0) is 51.2 Å². The molecule has 1 aliphatic heterocycles. The van der Waals surface area contributed by atoms with Crippen molar-refractivity contribution in [2.24, 2.45) is 0 Å². The predicted molar refractivity (Wildman–Crippen MR) is 105 cm³/mol. The molecule has 1 aliphatic rings. The van der Waals surface area contributed by atoms with Gasteiger partial charge in [0, 0.05) is 32.4 Å². The Morgan fingerprint density at radius 2 is 1.88 bits per heavy atom. The molecule has 2 aromatic heterocycles. The van der Waals surface area contributed by atoms with E-state index in [4.69, 9.17) is 4.98 Å². The summed E-state index contributed by atoms with van der Waals surface area (Å²) in [6, 6.07) is 2.06. The maximum atomic E-state index is 12.9. The molecule has 0 bridgehead atoms. The molecule has 0 saturated carbocycles. The lowest BCUT2D eigenvalue weighted by Crippen LogP contribution is -2.33. The first-order valence-electron chi connectivity index (χ1n) is 9.67.